The van der Waals surface area contributed by atoms with Crippen LogP contribution in [0.1, 0.15) is 26.7 Å². The highest BCUT2D eigenvalue weighted by Crippen LogP contribution is 2.30. The Morgan fingerprint density at radius 3 is 2.17 bits per heavy atom. The molecule has 0 bridgehead atoms. The number of carboxylic acids is 1. The van der Waals surface area contributed by atoms with Crippen molar-refractivity contribution in [1.82, 2.24) is 9.80 Å². The van der Waals surface area contributed by atoms with Gasteiger partial charge in [0, 0.05) is 32.2 Å². The fourth-order valence-electron chi connectivity index (χ4n) is 3.07. The summed E-state index contributed by atoms with van der Waals surface area (Å²) in [6.45, 7) is 8.89. The van der Waals surface area contributed by atoms with Crippen LogP contribution in [0.5, 0.6) is 0 Å². The zero-order chi connectivity index (χ0) is 13.2. The van der Waals surface area contributed by atoms with Gasteiger partial charge in [-0.25, -0.2) is 0 Å². The van der Waals surface area contributed by atoms with Crippen molar-refractivity contribution in [3.8, 4) is 0 Å². The molecule has 0 radical (unpaired) electrons. The van der Waals surface area contributed by atoms with Gasteiger partial charge in [-0.3, -0.25) is 9.69 Å². The molecule has 0 unspecified atom stereocenters. The van der Waals surface area contributed by atoms with Crippen molar-refractivity contribution in [2.75, 3.05) is 39.4 Å². The summed E-state index contributed by atoms with van der Waals surface area (Å²) in [4.78, 5) is 16.2. The number of carboxylic acid groups (broad SMARTS) is 1. The van der Waals surface area contributed by atoms with Crippen LogP contribution in [0.4, 0.5) is 0 Å². The number of morpholine rings is 1. The summed E-state index contributed by atoms with van der Waals surface area (Å²) in [5.41, 5.74) is -0.658. The Labute approximate surface area is 109 Å². The minimum Gasteiger partial charge on any atom is -0.480 e. The summed E-state index contributed by atoms with van der Waals surface area (Å²) < 4.78 is 5.33. The molecule has 5 nitrogen and oxygen atoms in total. The van der Waals surface area contributed by atoms with E-state index in [-0.39, 0.29) is 0 Å². The molecule has 104 valence electrons. The second-order valence-corrected chi connectivity index (χ2v) is 5.57. The molecule has 0 amide bonds. The fourth-order valence-corrected chi connectivity index (χ4v) is 3.07. The lowest BCUT2D eigenvalue weighted by Crippen LogP contribution is -2.63. The Morgan fingerprint density at radius 1 is 1.17 bits per heavy atom. The number of piperidine rings is 1. The summed E-state index contributed by atoms with van der Waals surface area (Å²) in [5.74, 6) is -0.659. The van der Waals surface area contributed by atoms with Gasteiger partial charge in [-0.1, -0.05) is 0 Å². The lowest BCUT2D eigenvalue weighted by molar-refractivity contribution is -0.159. The minimum absolute atomic E-state index is 0.501. The van der Waals surface area contributed by atoms with E-state index in [4.69, 9.17) is 4.74 Å². The van der Waals surface area contributed by atoms with Crippen LogP contribution >= 0.6 is 0 Å². The standard InChI is InChI=1S/C13H24N2O3/c1-11(2)14-5-3-13(4-6-14,12(16)17)15-7-9-18-10-8-15/h11H,3-10H2,1-2H3,(H,16,17). The van der Waals surface area contributed by atoms with E-state index in [9.17, 15) is 9.90 Å². The van der Waals surface area contributed by atoms with Crippen molar-refractivity contribution in [1.29, 1.82) is 0 Å². The second-order valence-electron chi connectivity index (χ2n) is 5.57. The summed E-state index contributed by atoms with van der Waals surface area (Å²) >= 11 is 0. The topological polar surface area (TPSA) is 53.0 Å². The van der Waals surface area contributed by atoms with Crippen LogP contribution in [0.3, 0.4) is 0 Å². The highest BCUT2D eigenvalue weighted by atomic mass is 16.5. The Hall–Kier alpha value is -0.650. The minimum atomic E-state index is -0.659. The molecule has 0 aromatic rings. The van der Waals surface area contributed by atoms with Gasteiger partial charge in [0.15, 0.2) is 0 Å². The lowest BCUT2D eigenvalue weighted by atomic mass is 9.85. The smallest absolute Gasteiger partial charge is 0.324 e. The molecule has 0 aliphatic carbocycles. The molecule has 5 heteroatoms. The second kappa shape index (κ2) is 5.55. The van der Waals surface area contributed by atoms with Crippen molar-refractivity contribution in [3.63, 3.8) is 0 Å². The molecule has 18 heavy (non-hydrogen) atoms. The molecule has 2 aliphatic heterocycles. The van der Waals surface area contributed by atoms with Crippen molar-refractivity contribution in [2.45, 2.75) is 38.3 Å². The van der Waals surface area contributed by atoms with E-state index in [0.29, 0.717) is 19.3 Å². The summed E-state index contributed by atoms with van der Waals surface area (Å²) in [5, 5.41) is 9.66. The van der Waals surface area contributed by atoms with Gasteiger partial charge in [-0.2, -0.15) is 0 Å². The predicted octanol–water partition coefficient (Wildman–Crippen LogP) is 0.646. The van der Waals surface area contributed by atoms with Crippen molar-refractivity contribution >= 4 is 5.97 Å². The molecule has 1 N–H and O–H groups in total. The van der Waals surface area contributed by atoms with Crippen molar-refractivity contribution in [2.24, 2.45) is 0 Å². The van der Waals surface area contributed by atoms with E-state index in [1.165, 1.54) is 0 Å². The molecule has 2 heterocycles. The average molecular weight is 256 g/mol. The fraction of sp³-hybridized carbons (Fsp3) is 0.923. The van der Waals surface area contributed by atoms with Crippen LogP contribution < -0.4 is 0 Å². The van der Waals surface area contributed by atoms with E-state index in [1.54, 1.807) is 0 Å². The maximum atomic E-state index is 11.8. The third-order valence-electron chi connectivity index (χ3n) is 4.37. The first-order valence-corrected chi connectivity index (χ1v) is 6.86. The largest absolute Gasteiger partial charge is 0.480 e. The van der Waals surface area contributed by atoms with E-state index < -0.39 is 11.5 Å². The first kappa shape index (κ1) is 13.8. The molecule has 2 fully saturated rings. The first-order chi connectivity index (χ1) is 8.56. The number of carbonyl (C=O) groups is 1. The van der Waals surface area contributed by atoms with Gasteiger partial charge in [-0.05, 0) is 26.7 Å². The molecule has 0 aromatic carbocycles. The third-order valence-corrected chi connectivity index (χ3v) is 4.37. The lowest BCUT2D eigenvalue weighted by Gasteiger charge is -2.47. The van der Waals surface area contributed by atoms with Gasteiger partial charge in [0.25, 0.3) is 0 Å². The van der Waals surface area contributed by atoms with E-state index in [2.05, 4.69) is 23.6 Å². The maximum Gasteiger partial charge on any atom is 0.324 e. The monoisotopic (exact) mass is 256 g/mol. The third kappa shape index (κ3) is 2.53. The van der Waals surface area contributed by atoms with Gasteiger partial charge >= 0.3 is 5.97 Å². The van der Waals surface area contributed by atoms with Crippen LogP contribution in [-0.2, 0) is 9.53 Å². The predicted molar refractivity (Wildman–Crippen MR) is 68.7 cm³/mol. The molecule has 2 saturated heterocycles. The van der Waals surface area contributed by atoms with Gasteiger partial charge in [-0.15, -0.1) is 0 Å². The zero-order valence-electron chi connectivity index (χ0n) is 11.4. The molecule has 0 atom stereocenters. The van der Waals surface area contributed by atoms with E-state index in [0.717, 1.165) is 39.0 Å². The van der Waals surface area contributed by atoms with Crippen molar-refractivity contribution < 1.29 is 14.6 Å². The van der Waals surface area contributed by atoms with Crippen LogP contribution in [0.2, 0.25) is 0 Å². The number of likely N-dealkylation sites (tertiary alicyclic amines) is 1. The molecular weight excluding hydrogens is 232 g/mol. The molecule has 0 saturated carbocycles. The number of hydrogen-bond acceptors (Lipinski definition) is 4. The Kier molecular flexibility index (Phi) is 4.25. The normalized spacial score (nSPS) is 26.4. The van der Waals surface area contributed by atoms with Crippen LogP contribution in [0.25, 0.3) is 0 Å². The number of nitrogens with zero attached hydrogens (tertiary/aromatic N) is 2. The first-order valence-electron chi connectivity index (χ1n) is 6.86. The number of rotatable bonds is 3. The average Bonchev–Trinajstić information content (AvgIpc) is 2.39. The molecule has 2 rings (SSSR count). The van der Waals surface area contributed by atoms with Crippen LogP contribution in [0, 0.1) is 0 Å². The number of aliphatic carboxylic acids is 1. The van der Waals surface area contributed by atoms with Crippen LogP contribution in [-0.4, -0.2) is 71.8 Å². The number of ether oxygens (including phenoxy) is 1. The van der Waals surface area contributed by atoms with E-state index >= 15 is 0 Å². The Balaban J connectivity index is 2.07. The SMILES string of the molecule is CC(C)N1CCC(C(=O)O)(N2CCOCC2)CC1. The number of hydrogen-bond donors (Lipinski definition) is 1. The molecule has 0 spiro atoms. The van der Waals surface area contributed by atoms with Gasteiger partial charge in [0.1, 0.15) is 5.54 Å². The zero-order valence-corrected chi connectivity index (χ0v) is 11.4. The van der Waals surface area contributed by atoms with Crippen LogP contribution in [0.15, 0.2) is 0 Å². The highest BCUT2D eigenvalue weighted by Gasteiger charge is 2.46. The quantitative estimate of drug-likeness (QED) is 0.803. The van der Waals surface area contributed by atoms with Crippen molar-refractivity contribution in [3.05, 3.63) is 0 Å². The molecular formula is C13H24N2O3. The summed E-state index contributed by atoms with van der Waals surface area (Å²) in [6, 6.07) is 0.501. The molecule has 2 aliphatic rings. The van der Waals surface area contributed by atoms with E-state index in [1.807, 2.05) is 0 Å². The maximum absolute atomic E-state index is 11.8. The van der Waals surface area contributed by atoms with Gasteiger partial charge in [0.2, 0.25) is 0 Å². The summed E-state index contributed by atoms with van der Waals surface area (Å²) in [7, 11) is 0. The highest BCUT2D eigenvalue weighted by molar-refractivity contribution is 5.79. The Bertz CT molecular complexity index is 293. The summed E-state index contributed by atoms with van der Waals surface area (Å²) in [6.07, 6.45) is 1.45. The molecule has 0 aromatic heterocycles. The Morgan fingerprint density at radius 2 is 1.72 bits per heavy atom. The van der Waals surface area contributed by atoms with Gasteiger partial charge < -0.3 is 14.7 Å². The van der Waals surface area contributed by atoms with Gasteiger partial charge in [0.05, 0.1) is 13.2 Å².